The van der Waals surface area contributed by atoms with E-state index in [-0.39, 0.29) is 0 Å². The van der Waals surface area contributed by atoms with E-state index in [1.54, 1.807) is 0 Å². The van der Waals surface area contributed by atoms with E-state index in [9.17, 15) is 0 Å². The van der Waals surface area contributed by atoms with Gasteiger partial charge in [0.25, 0.3) is 0 Å². The van der Waals surface area contributed by atoms with Crippen LogP contribution in [0.5, 0.6) is 0 Å². The summed E-state index contributed by atoms with van der Waals surface area (Å²) >= 11 is 0. The first-order valence-electron chi connectivity index (χ1n) is 5.83. The Hall–Kier alpha value is -0.260. The molecular weight excluding hydrogens is 156 g/mol. The Morgan fingerprint density at radius 1 is 1.38 bits per heavy atom. The molecule has 0 heteroatoms. The van der Waals surface area contributed by atoms with Crippen LogP contribution in [0.1, 0.15) is 47.0 Å². The summed E-state index contributed by atoms with van der Waals surface area (Å²) in [6.07, 6.45) is 8.84. The highest BCUT2D eigenvalue weighted by molar-refractivity contribution is 5.01. The molecule has 0 heterocycles. The molecule has 0 radical (unpaired) electrons. The largest absolute Gasteiger partial charge is 0.0882 e. The fourth-order valence-electron chi connectivity index (χ4n) is 2.44. The van der Waals surface area contributed by atoms with Crippen molar-refractivity contribution < 1.29 is 0 Å². The van der Waals surface area contributed by atoms with E-state index in [4.69, 9.17) is 0 Å². The topological polar surface area (TPSA) is 0 Å². The van der Waals surface area contributed by atoms with Gasteiger partial charge in [0.1, 0.15) is 0 Å². The molecule has 1 fully saturated rings. The van der Waals surface area contributed by atoms with Gasteiger partial charge >= 0.3 is 0 Å². The van der Waals surface area contributed by atoms with Crippen molar-refractivity contribution >= 4 is 0 Å². The van der Waals surface area contributed by atoms with Crippen molar-refractivity contribution in [2.24, 2.45) is 23.7 Å². The van der Waals surface area contributed by atoms with E-state index >= 15 is 0 Å². The highest BCUT2D eigenvalue weighted by atomic mass is 14.4. The molecule has 0 aromatic rings. The summed E-state index contributed by atoms with van der Waals surface area (Å²) in [6.45, 7) is 9.35. The van der Waals surface area contributed by atoms with Gasteiger partial charge in [-0.2, -0.15) is 0 Å². The summed E-state index contributed by atoms with van der Waals surface area (Å²) in [5.41, 5.74) is 0. The van der Waals surface area contributed by atoms with Crippen LogP contribution >= 0.6 is 0 Å². The lowest BCUT2D eigenvalue weighted by Crippen LogP contribution is -2.36. The lowest BCUT2D eigenvalue weighted by atomic mass is 9.61. The standard InChI is InChI=1S/C13H24/c1-5-6-7-8-12-11(4)9-13(12)10(2)3/h7-8,10-13H,5-6,9H2,1-4H3. The number of hydrogen-bond donors (Lipinski definition) is 0. The molecule has 0 aliphatic heterocycles. The minimum absolute atomic E-state index is 0.868. The van der Waals surface area contributed by atoms with E-state index in [0.717, 1.165) is 23.7 Å². The molecule has 0 bridgehead atoms. The molecule has 1 rings (SSSR count). The van der Waals surface area contributed by atoms with Crippen molar-refractivity contribution in [2.45, 2.75) is 47.0 Å². The number of allylic oxidation sites excluding steroid dienone is 2. The van der Waals surface area contributed by atoms with Gasteiger partial charge in [-0.3, -0.25) is 0 Å². The van der Waals surface area contributed by atoms with E-state index in [2.05, 4.69) is 39.8 Å². The van der Waals surface area contributed by atoms with Gasteiger partial charge in [0.2, 0.25) is 0 Å². The van der Waals surface area contributed by atoms with Crippen LogP contribution in [-0.2, 0) is 0 Å². The van der Waals surface area contributed by atoms with Gasteiger partial charge in [-0.05, 0) is 36.5 Å². The molecule has 3 unspecified atom stereocenters. The van der Waals surface area contributed by atoms with E-state index in [0.29, 0.717) is 0 Å². The summed E-state index contributed by atoms with van der Waals surface area (Å²) < 4.78 is 0. The highest BCUT2D eigenvalue weighted by Gasteiger charge is 2.37. The van der Waals surface area contributed by atoms with Crippen molar-refractivity contribution in [3.8, 4) is 0 Å². The van der Waals surface area contributed by atoms with Crippen LogP contribution < -0.4 is 0 Å². The maximum absolute atomic E-state index is 2.47. The van der Waals surface area contributed by atoms with Crippen molar-refractivity contribution in [3.05, 3.63) is 12.2 Å². The second-order valence-electron chi connectivity index (χ2n) is 4.92. The molecule has 0 nitrogen and oxygen atoms in total. The van der Waals surface area contributed by atoms with E-state index in [1.165, 1.54) is 19.3 Å². The molecule has 0 aromatic heterocycles. The first-order valence-corrected chi connectivity index (χ1v) is 5.83. The van der Waals surface area contributed by atoms with Gasteiger partial charge < -0.3 is 0 Å². The smallest absolute Gasteiger partial charge is 0.0177 e. The van der Waals surface area contributed by atoms with Crippen molar-refractivity contribution in [3.63, 3.8) is 0 Å². The van der Waals surface area contributed by atoms with Crippen molar-refractivity contribution in [1.82, 2.24) is 0 Å². The number of rotatable bonds is 4. The molecule has 3 atom stereocenters. The Bertz CT molecular complexity index is 167. The van der Waals surface area contributed by atoms with Gasteiger partial charge in [0.15, 0.2) is 0 Å². The predicted octanol–water partition coefficient (Wildman–Crippen LogP) is 4.27. The van der Waals surface area contributed by atoms with Crippen molar-refractivity contribution in [2.75, 3.05) is 0 Å². The number of hydrogen-bond acceptors (Lipinski definition) is 0. The van der Waals surface area contributed by atoms with E-state index in [1.807, 2.05) is 0 Å². The Morgan fingerprint density at radius 2 is 2.08 bits per heavy atom. The summed E-state index contributed by atoms with van der Waals surface area (Å²) in [5, 5.41) is 0. The summed E-state index contributed by atoms with van der Waals surface area (Å²) in [5.74, 6) is 3.64. The normalized spacial score (nSPS) is 34.1. The molecular formula is C13H24. The molecule has 1 aliphatic rings. The highest BCUT2D eigenvalue weighted by Crippen LogP contribution is 2.45. The van der Waals surface area contributed by atoms with Gasteiger partial charge in [0, 0.05) is 0 Å². The molecule has 0 amide bonds. The second kappa shape index (κ2) is 4.83. The molecule has 0 spiro atoms. The second-order valence-corrected chi connectivity index (χ2v) is 4.92. The SMILES string of the molecule is CCCC=CC1C(C)CC1C(C)C. The first kappa shape index (κ1) is 10.8. The average molecular weight is 180 g/mol. The fourth-order valence-corrected chi connectivity index (χ4v) is 2.44. The Balaban J connectivity index is 2.38. The third kappa shape index (κ3) is 2.59. The van der Waals surface area contributed by atoms with Crippen LogP contribution in [0, 0.1) is 23.7 Å². The minimum atomic E-state index is 0.868. The van der Waals surface area contributed by atoms with Gasteiger partial charge in [0.05, 0.1) is 0 Å². The maximum Gasteiger partial charge on any atom is -0.0177 e. The fraction of sp³-hybridized carbons (Fsp3) is 0.846. The zero-order valence-corrected chi connectivity index (χ0v) is 9.59. The Kier molecular flexibility index (Phi) is 4.02. The van der Waals surface area contributed by atoms with Crippen LogP contribution in [-0.4, -0.2) is 0 Å². The molecule has 1 saturated carbocycles. The monoisotopic (exact) mass is 180 g/mol. The molecule has 0 N–H and O–H groups in total. The average Bonchev–Trinajstić information content (AvgIpc) is 2.07. The summed E-state index contributed by atoms with van der Waals surface area (Å²) in [6, 6.07) is 0. The van der Waals surface area contributed by atoms with Gasteiger partial charge in [-0.1, -0.05) is 46.3 Å². The molecule has 0 saturated heterocycles. The lowest BCUT2D eigenvalue weighted by Gasteiger charge is -2.44. The summed E-state index contributed by atoms with van der Waals surface area (Å²) in [4.78, 5) is 0. The van der Waals surface area contributed by atoms with Gasteiger partial charge in [-0.15, -0.1) is 0 Å². The quantitative estimate of drug-likeness (QED) is 0.567. The zero-order valence-electron chi connectivity index (χ0n) is 9.59. The molecule has 0 aromatic carbocycles. The lowest BCUT2D eigenvalue weighted by molar-refractivity contribution is 0.0851. The molecule has 76 valence electrons. The van der Waals surface area contributed by atoms with E-state index < -0.39 is 0 Å². The Morgan fingerprint density at radius 3 is 2.54 bits per heavy atom. The zero-order chi connectivity index (χ0) is 9.84. The van der Waals surface area contributed by atoms with Crippen LogP contribution in [0.2, 0.25) is 0 Å². The van der Waals surface area contributed by atoms with Crippen molar-refractivity contribution in [1.29, 1.82) is 0 Å². The molecule has 1 aliphatic carbocycles. The first-order chi connectivity index (χ1) is 6.16. The minimum Gasteiger partial charge on any atom is -0.0882 e. The van der Waals surface area contributed by atoms with Gasteiger partial charge in [-0.25, -0.2) is 0 Å². The van der Waals surface area contributed by atoms with Crippen LogP contribution in [0.4, 0.5) is 0 Å². The maximum atomic E-state index is 2.47. The van der Waals surface area contributed by atoms with Crippen LogP contribution in [0.15, 0.2) is 12.2 Å². The Labute approximate surface area is 83.4 Å². The van der Waals surface area contributed by atoms with Crippen LogP contribution in [0.25, 0.3) is 0 Å². The predicted molar refractivity (Wildman–Crippen MR) is 59.6 cm³/mol. The number of unbranched alkanes of at least 4 members (excludes halogenated alkanes) is 1. The third-order valence-electron chi connectivity index (χ3n) is 3.47. The van der Waals surface area contributed by atoms with Crippen LogP contribution in [0.3, 0.4) is 0 Å². The molecule has 13 heavy (non-hydrogen) atoms. The summed E-state index contributed by atoms with van der Waals surface area (Å²) in [7, 11) is 0. The third-order valence-corrected chi connectivity index (χ3v) is 3.47.